The quantitative estimate of drug-likeness (QED) is 0.850. The number of carboxylic acids is 1. The SMILES string of the molecule is O=C(O)c1csc(CCNc2nc(C3CC3)ns2)n1. The summed E-state index contributed by atoms with van der Waals surface area (Å²) >= 11 is 2.75. The van der Waals surface area contributed by atoms with Crippen LogP contribution in [-0.4, -0.2) is 32.0 Å². The molecule has 2 aromatic rings. The molecule has 0 amide bonds. The van der Waals surface area contributed by atoms with Gasteiger partial charge in [0, 0.05) is 35.8 Å². The molecule has 1 fully saturated rings. The molecule has 0 radical (unpaired) electrons. The van der Waals surface area contributed by atoms with Crippen molar-refractivity contribution in [2.45, 2.75) is 25.2 Å². The summed E-state index contributed by atoms with van der Waals surface area (Å²) < 4.78 is 4.31. The lowest BCUT2D eigenvalue weighted by Crippen LogP contribution is -2.05. The molecule has 2 heterocycles. The van der Waals surface area contributed by atoms with Crippen molar-refractivity contribution in [2.24, 2.45) is 0 Å². The predicted molar refractivity (Wildman–Crippen MR) is 73.2 cm³/mol. The van der Waals surface area contributed by atoms with Crippen molar-refractivity contribution in [1.29, 1.82) is 0 Å². The van der Waals surface area contributed by atoms with Crippen molar-refractivity contribution >= 4 is 34.0 Å². The van der Waals surface area contributed by atoms with E-state index >= 15 is 0 Å². The Labute approximate surface area is 117 Å². The van der Waals surface area contributed by atoms with Gasteiger partial charge in [0.05, 0.1) is 5.01 Å². The van der Waals surface area contributed by atoms with Crippen LogP contribution in [0, 0.1) is 0 Å². The monoisotopic (exact) mass is 296 g/mol. The van der Waals surface area contributed by atoms with Crippen LogP contribution in [0.5, 0.6) is 0 Å². The second-order valence-electron chi connectivity index (χ2n) is 4.34. The van der Waals surface area contributed by atoms with Gasteiger partial charge in [-0.1, -0.05) is 0 Å². The van der Waals surface area contributed by atoms with Gasteiger partial charge in [-0.05, 0) is 12.8 Å². The van der Waals surface area contributed by atoms with Crippen molar-refractivity contribution in [3.05, 3.63) is 21.9 Å². The first-order valence-electron chi connectivity index (χ1n) is 5.97. The molecule has 6 nitrogen and oxygen atoms in total. The maximum atomic E-state index is 10.7. The second kappa shape index (κ2) is 5.22. The smallest absolute Gasteiger partial charge is 0.355 e. The van der Waals surface area contributed by atoms with E-state index in [4.69, 9.17) is 5.11 Å². The fourth-order valence-corrected chi connectivity index (χ4v) is 3.06. The minimum atomic E-state index is -0.978. The molecule has 0 spiro atoms. The molecule has 2 N–H and O–H groups in total. The Morgan fingerprint density at radius 3 is 3.00 bits per heavy atom. The lowest BCUT2D eigenvalue weighted by Gasteiger charge is -1.98. The van der Waals surface area contributed by atoms with Crippen LogP contribution in [-0.2, 0) is 6.42 Å². The summed E-state index contributed by atoms with van der Waals surface area (Å²) in [6.45, 7) is 0.686. The van der Waals surface area contributed by atoms with Crippen molar-refractivity contribution in [3.63, 3.8) is 0 Å². The minimum Gasteiger partial charge on any atom is -0.476 e. The fourth-order valence-electron chi connectivity index (χ4n) is 1.61. The van der Waals surface area contributed by atoms with Gasteiger partial charge >= 0.3 is 5.97 Å². The Bertz CT molecular complexity index is 591. The van der Waals surface area contributed by atoms with Crippen molar-refractivity contribution in [1.82, 2.24) is 14.3 Å². The zero-order valence-corrected chi connectivity index (χ0v) is 11.6. The molecular formula is C11H12N4O2S2. The number of nitrogens with zero attached hydrogens (tertiary/aromatic N) is 3. The van der Waals surface area contributed by atoms with Crippen LogP contribution >= 0.6 is 22.9 Å². The summed E-state index contributed by atoms with van der Waals surface area (Å²) in [5.74, 6) is 0.549. The number of nitrogens with one attached hydrogen (secondary N) is 1. The van der Waals surface area contributed by atoms with Gasteiger partial charge in [-0.25, -0.2) is 14.8 Å². The summed E-state index contributed by atoms with van der Waals surface area (Å²) in [5, 5.41) is 15.2. The summed E-state index contributed by atoms with van der Waals surface area (Å²) in [7, 11) is 0. The maximum absolute atomic E-state index is 10.7. The number of aromatic nitrogens is 3. The Morgan fingerprint density at radius 2 is 2.32 bits per heavy atom. The standard InChI is InChI=1S/C11H12N4O2S2/c16-10(17)7-5-18-8(13-7)3-4-12-11-14-9(15-19-11)6-1-2-6/h5-6H,1-4H2,(H,16,17)(H,12,14,15). The number of rotatable bonds is 6. The molecule has 100 valence electrons. The van der Waals surface area contributed by atoms with Crippen LogP contribution in [0.15, 0.2) is 5.38 Å². The van der Waals surface area contributed by atoms with Crippen LogP contribution in [0.3, 0.4) is 0 Å². The first-order chi connectivity index (χ1) is 9.22. The number of carbonyl (C=O) groups is 1. The lowest BCUT2D eigenvalue weighted by atomic mass is 10.4. The molecule has 19 heavy (non-hydrogen) atoms. The molecule has 2 aromatic heterocycles. The molecule has 0 atom stereocenters. The van der Waals surface area contributed by atoms with Crippen LogP contribution in [0.1, 0.15) is 40.1 Å². The van der Waals surface area contributed by atoms with Gasteiger partial charge in [-0.2, -0.15) is 4.37 Å². The molecule has 1 aliphatic carbocycles. The molecule has 3 rings (SSSR count). The van der Waals surface area contributed by atoms with Gasteiger partial charge in [0.2, 0.25) is 5.13 Å². The van der Waals surface area contributed by atoms with Crippen molar-refractivity contribution in [2.75, 3.05) is 11.9 Å². The first kappa shape index (κ1) is 12.5. The zero-order valence-electron chi connectivity index (χ0n) is 10.00. The van der Waals surface area contributed by atoms with Gasteiger partial charge in [0.25, 0.3) is 0 Å². The fraction of sp³-hybridized carbons (Fsp3) is 0.455. The van der Waals surface area contributed by atoms with Crippen molar-refractivity contribution < 1.29 is 9.90 Å². The predicted octanol–water partition coefficient (Wildman–Crippen LogP) is 2.22. The van der Waals surface area contributed by atoms with Crippen molar-refractivity contribution in [3.8, 4) is 0 Å². The average Bonchev–Trinajstić information content (AvgIpc) is 2.94. The highest BCUT2D eigenvalue weighted by Crippen LogP contribution is 2.39. The van der Waals surface area contributed by atoms with Crippen LogP contribution in [0.25, 0.3) is 0 Å². The molecule has 1 aliphatic rings. The first-order valence-corrected chi connectivity index (χ1v) is 7.63. The highest BCUT2D eigenvalue weighted by atomic mass is 32.1. The Balaban J connectivity index is 1.49. The minimum absolute atomic E-state index is 0.118. The molecule has 0 unspecified atom stereocenters. The molecule has 8 heteroatoms. The topological polar surface area (TPSA) is 88.0 Å². The third-order valence-electron chi connectivity index (χ3n) is 2.77. The summed E-state index contributed by atoms with van der Waals surface area (Å²) in [6.07, 6.45) is 3.09. The van der Waals surface area contributed by atoms with Crippen LogP contribution in [0.4, 0.5) is 5.13 Å². The van der Waals surface area contributed by atoms with Gasteiger partial charge in [0.15, 0.2) is 5.69 Å². The molecule has 1 saturated carbocycles. The number of hydrogen-bond acceptors (Lipinski definition) is 7. The van der Waals surface area contributed by atoms with Gasteiger partial charge < -0.3 is 10.4 Å². The number of hydrogen-bond donors (Lipinski definition) is 2. The Morgan fingerprint density at radius 1 is 1.47 bits per heavy atom. The van der Waals surface area contributed by atoms with E-state index in [0.29, 0.717) is 18.9 Å². The number of thiazole rings is 1. The lowest BCUT2D eigenvalue weighted by molar-refractivity contribution is 0.0691. The largest absolute Gasteiger partial charge is 0.476 e. The summed E-state index contributed by atoms with van der Waals surface area (Å²) in [4.78, 5) is 19.1. The highest BCUT2D eigenvalue weighted by Gasteiger charge is 2.27. The third-order valence-corrected chi connectivity index (χ3v) is 4.37. The number of anilines is 1. The van der Waals surface area contributed by atoms with E-state index in [2.05, 4.69) is 19.7 Å². The normalized spacial score (nSPS) is 14.5. The van der Waals surface area contributed by atoms with Gasteiger partial charge in [0.1, 0.15) is 5.82 Å². The summed E-state index contributed by atoms with van der Waals surface area (Å²) in [5.41, 5.74) is 0.118. The van der Waals surface area contributed by atoms with Gasteiger partial charge in [-0.15, -0.1) is 11.3 Å². The molecule has 0 aromatic carbocycles. The second-order valence-corrected chi connectivity index (χ2v) is 6.03. The van der Waals surface area contributed by atoms with E-state index in [1.165, 1.54) is 35.7 Å². The van der Waals surface area contributed by atoms with E-state index in [1.807, 2.05) is 0 Å². The number of aromatic carboxylic acids is 1. The van der Waals surface area contributed by atoms with E-state index in [1.54, 1.807) is 5.38 Å². The van der Waals surface area contributed by atoms with E-state index in [9.17, 15) is 4.79 Å². The highest BCUT2D eigenvalue weighted by molar-refractivity contribution is 7.10. The third kappa shape index (κ3) is 3.07. The molecular weight excluding hydrogens is 284 g/mol. The molecule has 0 aliphatic heterocycles. The van der Waals surface area contributed by atoms with E-state index in [0.717, 1.165) is 16.0 Å². The van der Waals surface area contributed by atoms with E-state index in [-0.39, 0.29) is 5.69 Å². The average molecular weight is 296 g/mol. The zero-order chi connectivity index (χ0) is 13.2. The maximum Gasteiger partial charge on any atom is 0.355 e. The summed E-state index contributed by atoms with van der Waals surface area (Å²) in [6, 6.07) is 0. The molecule has 0 bridgehead atoms. The Hall–Kier alpha value is -1.54. The molecule has 0 saturated heterocycles. The van der Waals surface area contributed by atoms with Gasteiger partial charge in [-0.3, -0.25) is 0 Å². The Kier molecular flexibility index (Phi) is 3.43. The van der Waals surface area contributed by atoms with Crippen LogP contribution < -0.4 is 5.32 Å². The van der Waals surface area contributed by atoms with Crippen LogP contribution in [0.2, 0.25) is 0 Å². The number of carboxylic acid groups (broad SMARTS) is 1. The van der Waals surface area contributed by atoms with E-state index < -0.39 is 5.97 Å².